The number of rotatable bonds is 3. The molecule has 5 nitrogen and oxygen atoms in total. The van der Waals surface area contributed by atoms with E-state index in [0.717, 1.165) is 6.26 Å². The number of anilines is 2. The Hall–Kier alpha value is -2.05. The monoisotopic (exact) mass is 324 g/mol. The SMILES string of the molecule is CS(=O)(=O)c1ccc(C(=O)Nc2cc(Cl)ccc2N)cc1. The van der Waals surface area contributed by atoms with Gasteiger partial charge in [0.25, 0.3) is 5.91 Å². The van der Waals surface area contributed by atoms with Gasteiger partial charge >= 0.3 is 0 Å². The maximum atomic E-state index is 12.1. The third-order valence-corrected chi connectivity index (χ3v) is 4.17. The first-order valence-electron chi connectivity index (χ1n) is 5.94. The molecular weight excluding hydrogens is 312 g/mol. The molecule has 110 valence electrons. The number of benzene rings is 2. The zero-order chi connectivity index (χ0) is 15.6. The van der Waals surface area contributed by atoms with Gasteiger partial charge < -0.3 is 11.1 Å². The summed E-state index contributed by atoms with van der Waals surface area (Å²) in [6.45, 7) is 0. The molecule has 0 aliphatic heterocycles. The number of nitrogen functional groups attached to an aromatic ring is 1. The van der Waals surface area contributed by atoms with Crippen molar-refractivity contribution in [1.29, 1.82) is 0 Å². The predicted octanol–water partition coefficient (Wildman–Crippen LogP) is 2.58. The van der Waals surface area contributed by atoms with Crippen molar-refractivity contribution in [3.8, 4) is 0 Å². The normalized spacial score (nSPS) is 11.1. The Balaban J connectivity index is 2.23. The molecule has 0 bridgehead atoms. The molecule has 3 N–H and O–H groups in total. The second-order valence-electron chi connectivity index (χ2n) is 4.48. The molecular formula is C14H13ClN2O3S. The number of nitrogens with one attached hydrogen (secondary N) is 1. The first-order valence-corrected chi connectivity index (χ1v) is 8.21. The lowest BCUT2D eigenvalue weighted by Crippen LogP contribution is -2.13. The van der Waals surface area contributed by atoms with Crippen molar-refractivity contribution in [2.45, 2.75) is 4.90 Å². The molecule has 0 atom stereocenters. The van der Waals surface area contributed by atoms with E-state index in [1.165, 1.54) is 24.3 Å². The molecule has 2 rings (SSSR count). The molecule has 0 aliphatic carbocycles. The Labute approximate surface area is 127 Å². The van der Waals surface area contributed by atoms with Crippen LogP contribution < -0.4 is 11.1 Å². The van der Waals surface area contributed by atoms with Crippen LogP contribution in [0.3, 0.4) is 0 Å². The van der Waals surface area contributed by atoms with E-state index >= 15 is 0 Å². The van der Waals surface area contributed by atoms with Gasteiger partial charge in [-0.2, -0.15) is 0 Å². The first-order chi connectivity index (χ1) is 9.77. The molecule has 0 heterocycles. The standard InChI is InChI=1S/C14H13ClN2O3S/c1-21(19,20)11-5-2-9(3-6-11)14(18)17-13-8-10(15)4-7-12(13)16/h2-8H,16H2,1H3,(H,17,18). The fraction of sp³-hybridized carbons (Fsp3) is 0.0714. The molecule has 0 unspecified atom stereocenters. The highest BCUT2D eigenvalue weighted by atomic mass is 35.5. The summed E-state index contributed by atoms with van der Waals surface area (Å²) >= 11 is 5.84. The van der Waals surface area contributed by atoms with Gasteiger partial charge in [0.1, 0.15) is 0 Å². The number of hydrogen-bond acceptors (Lipinski definition) is 4. The number of amides is 1. The molecule has 0 aromatic heterocycles. The van der Waals surface area contributed by atoms with Gasteiger partial charge in [-0.25, -0.2) is 8.42 Å². The molecule has 1 amide bonds. The number of sulfone groups is 1. The summed E-state index contributed by atoms with van der Waals surface area (Å²) < 4.78 is 22.7. The fourth-order valence-corrected chi connectivity index (χ4v) is 2.49. The predicted molar refractivity (Wildman–Crippen MR) is 83.4 cm³/mol. The highest BCUT2D eigenvalue weighted by molar-refractivity contribution is 7.90. The molecule has 0 saturated carbocycles. The van der Waals surface area contributed by atoms with Crippen molar-refractivity contribution in [3.05, 3.63) is 53.1 Å². The van der Waals surface area contributed by atoms with Crippen molar-refractivity contribution >= 4 is 38.7 Å². The minimum atomic E-state index is -3.29. The lowest BCUT2D eigenvalue weighted by molar-refractivity contribution is 0.102. The maximum absolute atomic E-state index is 12.1. The molecule has 0 spiro atoms. The van der Waals surface area contributed by atoms with Crippen LogP contribution in [0.2, 0.25) is 5.02 Å². The van der Waals surface area contributed by atoms with Gasteiger partial charge in [0.15, 0.2) is 9.84 Å². The van der Waals surface area contributed by atoms with Crippen LogP contribution in [-0.4, -0.2) is 20.6 Å². The second-order valence-corrected chi connectivity index (χ2v) is 6.93. The van der Waals surface area contributed by atoms with E-state index in [0.29, 0.717) is 22.0 Å². The largest absolute Gasteiger partial charge is 0.397 e. The summed E-state index contributed by atoms with van der Waals surface area (Å²) in [5.74, 6) is -0.399. The Morgan fingerprint density at radius 1 is 1.14 bits per heavy atom. The zero-order valence-electron chi connectivity index (χ0n) is 11.1. The third kappa shape index (κ3) is 3.74. The van der Waals surface area contributed by atoms with Crippen molar-refractivity contribution in [1.82, 2.24) is 0 Å². The van der Waals surface area contributed by atoms with Crippen LogP contribution in [-0.2, 0) is 9.84 Å². The van der Waals surface area contributed by atoms with Crippen LogP contribution in [0, 0.1) is 0 Å². The number of carbonyl (C=O) groups excluding carboxylic acids is 1. The van der Waals surface area contributed by atoms with Gasteiger partial charge in [-0.1, -0.05) is 11.6 Å². The van der Waals surface area contributed by atoms with E-state index in [2.05, 4.69) is 5.32 Å². The molecule has 21 heavy (non-hydrogen) atoms. The van der Waals surface area contributed by atoms with Crippen LogP contribution in [0.15, 0.2) is 47.4 Å². The van der Waals surface area contributed by atoms with E-state index in [1.54, 1.807) is 18.2 Å². The van der Waals surface area contributed by atoms with E-state index in [9.17, 15) is 13.2 Å². The second kappa shape index (κ2) is 5.75. The van der Waals surface area contributed by atoms with Crippen LogP contribution >= 0.6 is 11.6 Å². The summed E-state index contributed by atoms with van der Waals surface area (Å²) in [6.07, 6.45) is 1.11. The van der Waals surface area contributed by atoms with E-state index in [1.807, 2.05) is 0 Å². The van der Waals surface area contributed by atoms with Crippen LogP contribution in [0.5, 0.6) is 0 Å². The van der Waals surface area contributed by atoms with Crippen molar-refractivity contribution < 1.29 is 13.2 Å². The molecule has 0 saturated heterocycles. The van der Waals surface area contributed by atoms with Crippen molar-refractivity contribution in [3.63, 3.8) is 0 Å². The molecule has 0 aliphatic rings. The summed E-state index contributed by atoms with van der Waals surface area (Å²) in [7, 11) is -3.29. The Bertz CT molecular complexity index is 786. The Morgan fingerprint density at radius 2 is 1.76 bits per heavy atom. The highest BCUT2D eigenvalue weighted by Gasteiger charge is 2.11. The van der Waals surface area contributed by atoms with Gasteiger partial charge in [0.05, 0.1) is 16.3 Å². The fourth-order valence-electron chi connectivity index (χ4n) is 1.68. The van der Waals surface area contributed by atoms with Crippen molar-refractivity contribution in [2.75, 3.05) is 17.3 Å². The number of carbonyl (C=O) groups is 1. The number of hydrogen-bond donors (Lipinski definition) is 2. The third-order valence-electron chi connectivity index (χ3n) is 2.81. The average molecular weight is 325 g/mol. The van der Waals surface area contributed by atoms with E-state index < -0.39 is 15.7 Å². The molecule has 2 aromatic carbocycles. The van der Waals surface area contributed by atoms with Crippen LogP contribution in [0.1, 0.15) is 10.4 Å². The first kappa shape index (κ1) is 15.3. The molecule has 2 aromatic rings. The summed E-state index contributed by atoms with van der Waals surface area (Å²) in [5.41, 5.74) is 6.86. The smallest absolute Gasteiger partial charge is 0.255 e. The average Bonchev–Trinajstić information content (AvgIpc) is 2.42. The van der Waals surface area contributed by atoms with E-state index in [-0.39, 0.29) is 4.90 Å². The summed E-state index contributed by atoms with van der Waals surface area (Å²) in [6, 6.07) is 10.4. The zero-order valence-corrected chi connectivity index (χ0v) is 12.7. The highest BCUT2D eigenvalue weighted by Crippen LogP contribution is 2.23. The quantitative estimate of drug-likeness (QED) is 0.849. The molecule has 7 heteroatoms. The lowest BCUT2D eigenvalue weighted by Gasteiger charge is -2.09. The van der Waals surface area contributed by atoms with Gasteiger partial charge in [-0.15, -0.1) is 0 Å². The lowest BCUT2D eigenvalue weighted by atomic mass is 10.2. The maximum Gasteiger partial charge on any atom is 0.255 e. The van der Waals surface area contributed by atoms with Crippen LogP contribution in [0.4, 0.5) is 11.4 Å². The van der Waals surface area contributed by atoms with Gasteiger partial charge in [-0.3, -0.25) is 4.79 Å². The minimum Gasteiger partial charge on any atom is -0.397 e. The Kier molecular flexibility index (Phi) is 4.20. The number of halogens is 1. The summed E-state index contributed by atoms with van der Waals surface area (Å²) in [4.78, 5) is 12.2. The molecule has 0 fully saturated rings. The molecule has 0 radical (unpaired) electrons. The Morgan fingerprint density at radius 3 is 2.33 bits per heavy atom. The van der Waals surface area contributed by atoms with Crippen molar-refractivity contribution in [2.24, 2.45) is 0 Å². The van der Waals surface area contributed by atoms with Crippen LogP contribution in [0.25, 0.3) is 0 Å². The number of nitrogens with two attached hydrogens (primary N) is 1. The van der Waals surface area contributed by atoms with Gasteiger partial charge in [-0.05, 0) is 42.5 Å². The summed E-state index contributed by atoms with van der Waals surface area (Å²) in [5, 5.41) is 3.08. The minimum absolute atomic E-state index is 0.154. The van der Waals surface area contributed by atoms with Gasteiger partial charge in [0, 0.05) is 16.8 Å². The topological polar surface area (TPSA) is 89.3 Å². The van der Waals surface area contributed by atoms with E-state index in [4.69, 9.17) is 17.3 Å². The van der Waals surface area contributed by atoms with Gasteiger partial charge in [0.2, 0.25) is 0 Å².